The molecule has 0 aliphatic rings. The van der Waals surface area contributed by atoms with E-state index in [0.29, 0.717) is 0 Å². The Hall–Kier alpha value is -0.892. The van der Waals surface area contributed by atoms with Crippen LogP contribution in [0.5, 0.6) is 0 Å². The minimum atomic E-state index is 0.726. The van der Waals surface area contributed by atoms with Gasteiger partial charge in [-0.15, -0.1) is 0 Å². The number of nitrogens with zero attached hydrogens (tertiary/aromatic N) is 4. The number of fused-ring (bicyclic) bond motifs is 1. The molecular formula is C14H23AsN4. The molecule has 0 aromatic carbocycles. The Morgan fingerprint density at radius 3 is 2.68 bits per heavy atom. The van der Waals surface area contributed by atoms with Crippen LogP contribution in [0.15, 0.2) is 6.33 Å². The fourth-order valence-corrected chi connectivity index (χ4v) is 3.53. The molecule has 0 aliphatic heterocycles. The Labute approximate surface area is 123 Å². The molecule has 2 aromatic rings. The third kappa shape index (κ3) is 3.56. The Morgan fingerprint density at radius 1 is 1.16 bits per heavy atom. The molecule has 19 heavy (non-hydrogen) atoms. The van der Waals surface area contributed by atoms with Crippen molar-refractivity contribution in [2.24, 2.45) is 0 Å². The van der Waals surface area contributed by atoms with Gasteiger partial charge in [0.25, 0.3) is 0 Å². The number of hydrogen-bond donors (Lipinski definition) is 0. The van der Waals surface area contributed by atoms with Crippen LogP contribution in [0.3, 0.4) is 0 Å². The molecule has 104 valence electrons. The Kier molecular flexibility index (Phi) is 5.38. The van der Waals surface area contributed by atoms with Gasteiger partial charge in [0.2, 0.25) is 0 Å². The van der Waals surface area contributed by atoms with Crippen molar-refractivity contribution in [3.05, 3.63) is 17.6 Å². The molecule has 2 rings (SSSR count). The molecule has 0 aliphatic carbocycles. The summed E-state index contributed by atoms with van der Waals surface area (Å²) >= 11 is 1.61. The average Bonchev–Trinajstić information content (AvgIpc) is 2.85. The standard InChI is InChI=1S/C14H23AsN4/c1-3-4-5-6-7-8-9-12-11(2)18-14-16-10-17-19(14)13(12)15/h10H,3-9,15H2,1-2H3. The molecule has 0 saturated carbocycles. The van der Waals surface area contributed by atoms with Gasteiger partial charge in [0, 0.05) is 0 Å². The molecule has 1 unspecified atom stereocenters. The molecule has 0 fully saturated rings. The van der Waals surface area contributed by atoms with Crippen LogP contribution in [0.2, 0.25) is 0 Å². The van der Waals surface area contributed by atoms with E-state index in [9.17, 15) is 0 Å². The summed E-state index contributed by atoms with van der Waals surface area (Å²) in [6, 6.07) is 0. The van der Waals surface area contributed by atoms with Crippen LogP contribution in [-0.2, 0) is 6.42 Å². The maximum atomic E-state index is 4.52. The summed E-state index contributed by atoms with van der Waals surface area (Å²) in [5.74, 6) is 0.726. The third-order valence-electron chi connectivity index (χ3n) is 3.55. The van der Waals surface area contributed by atoms with Gasteiger partial charge >= 0.3 is 123 Å². The SMILES string of the molecule is CCCCCCCCc1c(C)nc2ncnn2c1[AsH2]. The summed E-state index contributed by atoms with van der Waals surface area (Å²) < 4.78 is 3.13. The van der Waals surface area contributed by atoms with Gasteiger partial charge in [0.1, 0.15) is 0 Å². The number of hydrogen-bond acceptors (Lipinski definition) is 3. The Morgan fingerprint density at radius 2 is 1.89 bits per heavy atom. The van der Waals surface area contributed by atoms with E-state index in [0.717, 1.165) is 17.9 Å². The van der Waals surface area contributed by atoms with E-state index in [2.05, 4.69) is 28.9 Å². The zero-order chi connectivity index (χ0) is 13.7. The molecule has 0 N–H and O–H groups in total. The second-order valence-electron chi connectivity index (χ2n) is 5.05. The summed E-state index contributed by atoms with van der Waals surface area (Å²) in [6.07, 6.45) is 10.7. The van der Waals surface area contributed by atoms with E-state index < -0.39 is 0 Å². The van der Waals surface area contributed by atoms with Crippen LogP contribution in [-0.4, -0.2) is 36.4 Å². The first-order valence-electron chi connectivity index (χ1n) is 7.18. The summed E-state index contributed by atoms with van der Waals surface area (Å²) in [7, 11) is 0. The fraction of sp³-hybridized carbons (Fsp3) is 0.643. The normalized spacial score (nSPS) is 11.3. The van der Waals surface area contributed by atoms with Gasteiger partial charge in [-0.3, -0.25) is 0 Å². The molecule has 2 aromatic heterocycles. The molecule has 5 heteroatoms. The first-order chi connectivity index (χ1) is 9.24. The van der Waals surface area contributed by atoms with E-state index in [-0.39, 0.29) is 0 Å². The van der Waals surface area contributed by atoms with Crippen LogP contribution >= 0.6 is 0 Å². The molecular weight excluding hydrogens is 299 g/mol. The minimum absolute atomic E-state index is 0.726. The van der Waals surface area contributed by atoms with Crippen molar-refractivity contribution in [2.45, 2.75) is 58.8 Å². The van der Waals surface area contributed by atoms with Gasteiger partial charge in [-0.2, -0.15) is 0 Å². The van der Waals surface area contributed by atoms with Gasteiger partial charge in [-0.25, -0.2) is 0 Å². The quantitative estimate of drug-likeness (QED) is 0.574. The van der Waals surface area contributed by atoms with Crippen molar-refractivity contribution < 1.29 is 0 Å². The van der Waals surface area contributed by atoms with Crippen molar-refractivity contribution >= 4 is 27.1 Å². The molecule has 2 heterocycles. The summed E-state index contributed by atoms with van der Waals surface area (Å²) in [5, 5.41) is 4.25. The second-order valence-corrected chi connectivity index (χ2v) is 6.20. The Bertz CT molecular complexity index is 535. The number of unbranched alkanes of at least 4 members (excludes halogenated alkanes) is 5. The van der Waals surface area contributed by atoms with Gasteiger partial charge in [0.05, 0.1) is 0 Å². The van der Waals surface area contributed by atoms with E-state index >= 15 is 0 Å². The molecule has 4 nitrogen and oxygen atoms in total. The van der Waals surface area contributed by atoms with Crippen molar-refractivity contribution in [3.63, 3.8) is 0 Å². The third-order valence-corrected chi connectivity index (χ3v) is 4.80. The maximum absolute atomic E-state index is 4.52. The average molecular weight is 322 g/mol. The molecule has 0 saturated heterocycles. The topological polar surface area (TPSA) is 43.1 Å². The monoisotopic (exact) mass is 322 g/mol. The van der Waals surface area contributed by atoms with Crippen LogP contribution < -0.4 is 4.48 Å². The summed E-state index contributed by atoms with van der Waals surface area (Å²) in [5.41, 5.74) is 2.49. The van der Waals surface area contributed by atoms with Crippen molar-refractivity contribution in [2.75, 3.05) is 0 Å². The summed E-state index contributed by atoms with van der Waals surface area (Å²) in [4.78, 5) is 8.69. The first-order valence-corrected chi connectivity index (χ1v) is 8.40. The number of aryl methyl sites for hydroxylation is 1. The second kappa shape index (κ2) is 7.04. The molecule has 0 bridgehead atoms. The van der Waals surface area contributed by atoms with Gasteiger partial charge in [0.15, 0.2) is 0 Å². The van der Waals surface area contributed by atoms with Crippen LogP contribution in [0.1, 0.15) is 56.7 Å². The first kappa shape index (κ1) is 14.5. The molecule has 0 radical (unpaired) electrons. The van der Waals surface area contributed by atoms with Crippen LogP contribution in [0.25, 0.3) is 5.78 Å². The van der Waals surface area contributed by atoms with Crippen molar-refractivity contribution in [1.82, 2.24) is 19.6 Å². The number of aromatic nitrogens is 4. The molecule has 1 atom stereocenters. The van der Waals surface area contributed by atoms with E-state index in [1.165, 1.54) is 48.6 Å². The molecule has 0 spiro atoms. The Balaban J connectivity index is 1.96. The van der Waals surface area contributed by atoms with Crippen LogP contribution in [0, 0.1) is 6.92 Å². The predicted octanol–water partition coefficient (Wildman–Crippen LogP) is 1.59. The fourth-order valence-electron chi connectivity index (χ4n) is 2.40. The van der Waals surface area contributed by atoms with Gasteiger partial charge in [-0.1, -0.05) is 0 Å². The zero-order valence-electron chi connectivity index (χ0n) is 11.9. The predicted molar refractivity (Wildman–Crippen MR) is 80.8 cm³/mol. The van der Waals surface area contributed by atoms with E-state index in [1.54, 1.807) is 23.2 Å². The van der Waals surface area contributed by atoms with Gasteiger partial charge in [-0.05, 0) is 0 Å². The van der Waals surface area contributed by atoms with E-state index in [4.69, 9.17) is 0 Å². The van der Waals surface area contributed by atoms with E-state index in [1.807, 2.05) is 4.52 Å². The zero-order valence-corrected chi connectivity index (χ0v) is 14.3. The number of rotatable bonds is 7. The van der Waals surface area contributed by atoms with Crippen LogP contribution in [0.4, 0.5) is 0 Å². The summed E-state index contributed by atoms with van der Waals surface area (Å²) in [6.45, 7) is 4.35. The van der Waals surface area contributed by atoms with Crippen molar-refractivity contribution in [1.29, 1.82) is 0 Å². The van der Waals surface area contributed by atoms with Gasteiger partial charge < -0.3 is 0 Å². The molecule has 0 amide bonds. The van der Waals surface area contributed by atoms with Crippen molar-refractivity contribution in [3.8, 4) is 0 Å².